The molecular weight excluding hydrogens is 328 g/mol. The number of rotatable bonds is 9. The summed E-state index contributed by atoms with van der Waals surface area (Å²) >= 11 is 3.44. The molecule has 3 heteroatoms. The third-order valence-corrected chi connectivity index (χ3v) is 4.51. The molecule has 2 nitrogen and oxygen atoms in total. The standard InChI is InChI=1S/C18H31BrO2/c1-14(2)17(18-20-12-13-21-18)9-8-15(3)6-5-7-16(4)10-11-19/h6,10,14,17-18H,5,7-9,11-13H2,1-4H3/b15-6+,16-10+. The lowest BCUT2D eigenvalue weighted by molar-refractivity contribution is -0.0977. The number of allylic oxidation sites excluding steroid dienone is 4. The molecule has 0 aromatic heterocycles. The summed E-state index contributed by atoms with van der Waals surface area (Å²) in [6.45, 7) is 10.5. The molecule has 0 aromatic rings. The van der Waals surface area contributed by atoms with Crippen molar-refractivity contribution in [3.8, 4) is 0 Å². The number of hydrogen-bond acceptors (Lipinski definition) is 2. The zero-order chi connectivity index (χ0) is 15.7. The highest BCUT2D eigenvalue weighted by Gasteiger charge is 2.28. The molecule has 1 heterocycles. The van der Waals surface area contributed by atoms with Crippen molar-refractivity contribution in [1.29, 1.82) is 0 Å². The second-order valence-corrected chi connectivity index (χ2v) is 7.00. The highest BCUT2D eigenvalue weighted by atomic mass is 79.9. The molecule has 1 fully saturated rings. The molecule has 1 atom stereocenters. The average molecular weight is 359 g/mol. The summed E-state index contributed by atoms with van der Waals surface area (Å²) in [6.07, 6.45) is 9.25. The molecule has 1 aliphatic rings. The third-order valence-electron chi connectivity index (χ3n) is 4.18. The minimum absolute atomic E-state index is 0.0157. The number of hydrogen-bond donors (Lipinski definition) is 0. The van der Waals surface area contributed by atoms with Crippen LogP contribution in [-0.4, -0.2) is 24.8 Å². The normalized spacial score (nSPS) is 19.5. The summed E-state index contributed by atoms with van der Waals surface area (Å²) in [6, 6.07) is 0. The molecule has 0 bridgehead atoms. The fraction of sp³-hybridized carbons (Fsp3) is 0.778. The van der Waals surface area contributed by atoms with Gasteiger partial charge in [0.1, 0.15) is 0 Å². The summed E-state index contributed by atoms with van der Waals surface area (Å²) in [7, 11) is 0. The smallest absolute Gasteiger partial charge is 0.160 e. The van der Waals surface area contributed by atoms with Crippen LogP contribution in [0, 0.1) is 11.8 Å². The molecule has 1 saturated heterocycles. The first-order valence-electron chi connectivity index (χ1n) is 8.15. The highest BCUT2D eigenvalue weighted by molar-refractivity contribution is 9.09. The van der Waals surface area contributed by atoms with E-state index in [9.17, 15) is 0 Å². The van der Waals surface area contributed by atoms with E-state index in [-0.39, 0.29) is 6.29 Å². The Morgan fingerprint density at radius 3 is 2.29 bits per heavy atom. The van der Waals surface area contributed by atoms with Gasteiger partial charge in [-0.15, -0.1) is 0 Å². The van der Waals surface area contributed by atoms with Crippen molar-refractivity contribution in [2.45, 2.75) is 59.7 Å². The maximum atomic E-state index is 5.69. The van der Waals surface area contributed by atoms with Crippen molar-refractivity contribution >= 4 is 15.9 Å². The van der Waals surface area contributed by atoms with E-state index in [4.69, 9.17) is 9.47 Å². The second-order valence-electron chi connectivity index (χ2n) is 6.35. The Hall–Kier alpha value is -0.120. The predicted octanol–water partition coefficient (Wildman–Crippen LogP) is 5.48. The van der Waals surface area contributed by atoms with E-state index in [0.717, 1.165) is 44.2 Å². The van der Waals surface area contributed by atoms with Crippen LogP contribution in [0.3, 0.4) is 0 Å². The molecule has 0 amide bonds. The minimum Gasteiger partial charge on any atom is -0.350 e. The molecule has 21 heavy (non-hydrogen) atoms. The lowest BCUT2D eigenvalue weighted by atomic mass is 9.89. The van der Waals surface area contributed by atoms with Gasteiger partial charge < -0.3 is 9.47 Å². The predicted molar refractivity (Wildman–Crippen MR) is 93.8 cm³/mol. The van der Waals surface area contributed by atoms with Crippen LogP contribution >= 0.6 is 15.9 Å². The third kappa shape index (κ3) is 7.62. The SMILES string of the molecule is C/C(=C\CBr)CC/C=C(\C)CCC(C(C)C)C1OCCO1. The van der Waals surface area contributed by atoms with Gasteiger partial charge in [-0.1, -0.05) is 53.1 Å². The van der Waals surface area contributed by atoms with E-state index >= 15 is 0 Å². The Bertz CT molecular complexity index is 341. The van der Waals surface area contributed by atoms with E-state index in [2.05, 4.69) is 55.8 Å². The van der Waals surface area contributed by atoms with Crippen molar-refractivity contribution in [2.24, 2.45) is 11.8 Å². The van der Waals surface area contributed by atoms with Gasteiger partial charge in [-0.05, 0) is 45.4 Å². The fourth-order valence-corrected chi connectivity index (χ4v) is 3.24. The molecule has 0 radical (unpaired) electrons. The van der Waals surface area contributed by atoms with E-state index in [1.165, 1.54) is 11.1 Å². The van der Waals surface area contributed by atoms with E-state index in [1.54, 1.807) is 0 Å². The molecule has 0 aliphatic carbocycles. The van der Waals surface area contributed by atoms with Crippen LogP contribution in [-0.2, 0) is 9.47 Å². The highest BCUT2D eigenvalue weighted by Crippen LogP contribution is 2.28. The van der Waals surface area contributed by atoms with Gasteiger partial charge >= 0.3 is 0 Å². The first-order valence-corrected chi connectivity index (χ1v) is 9.27. The Labute approximate surface area is 139 Å². The largest absolute Gasteiger partial charge is 0.350 e. The maximum Gasteiger partial charge on any atom is 0.160 e. The monoisotopic (exact) mass is 358 g/mol. The summed E-state index contributed by atoms with van der Waals surface area (Å²) in [5.41, 5.74) is 2.95. The van der Waals surface area contributed by atoms with Crippen molar-refractivity contribution in [3.63, 3.8) is 0 Å². The van der Waals surface area contributed by atoms with Gasteiger partial charge in [0, 0.05) is 11.2 Å². The Kier molecular flexibility index (Phi) is 9.54. The van der Waals surface area contributed by atoms with Gasteiger partial charge in [0.25, 0.3) is 0 Å². The lowest BCUT2D eigenvalue weighted by Crippen LogP contribution is -2.26. The van der Waals surface area contributed by atoms with Crippen molar-refractivity contribution in [1.82, 2.24) is 0 Å². The maximum absolute atomic E-state index is 5.69. The van der Waals surface area contributed by atoms with Crippen LogP contribution in [0.5, 0.6) is 0 Å². The van der Waals surface area contributed by atoms with E-state index in [1.807, 2.05) is 0 Å². The van der Waals surface area contributed by atoms with E-state index < -0.39 is 0 Å². The number of alkyl halides is 1. The molecule has 0 spiro atoms. The average Bonchev–Trinajstić information content (AvgIpc) is 2.92. The number of ether oxygens (including phenoxy) is 2. The Morgan fingerprint density at radius 2 is 1.71 bits per heavy atom. The van der Waals surface area contributed by atoms with Crippen LogP contribution < -0.4 is 0 Å². The van der Waals surface area contributed by atoms with Gasteiger partial charge in [0.05, 0.1) is 13.2 Å². The minimum atomic E-state index is 0.0157. The second kappa shape index (κ2) is 10.6. The summed E-state index contributed by atoms with van der Waals surface area (Å²) < 4.78 is 11.4. The zero-order valence-electron chi connectivity index (χ0n) is 14.0. The van der Waals surface area contributed by atoms with Crippen LogP contribution in [0.1, 0.15) is 53.4 Å². The van der Waals surface area contributed by atoms with E-state index in [0.29, 0.717) is 11.8 Å². The topological polar surface area (TPSA) is 18.5 Å². The molecule has 0 N–H and O–H groups in total. The van der Waals surface area contributed by atoms with Crippen molar-refractivity contribution in [3.05, 3.63) is 23.3 Å². The van der Waals surface area contributed by atoms with Gasteiger partial charge in [-0.2, -0.15) is 0 Å². The van der Waals surface area contributed by atoms with Gasteiger partial charge in [0.15, 0.2) is 6.29 Å². The van der Waals surface area contributed by atoms with Crippen molar-refractivity contribution in [2.75, 3.05) is 18.5 Å². The fourth-order valence-electron chi connectivity index (χ4n) is 2.68. The van der Waals surface area contributed by atoms with Gasteiger partial charge in [0.2, 0.25) is 0 Å². The Morgan fingerprint density at radius 1 is 1.10 bits per heavy atom. The van der Waals surface area contributed by atoms with Gasteiger partial charge in [-0.25, -0.2) is 0 Å². The van der Waals surface area contributed by atoms with Crippen LogP contribution in [0.4, 0.5) is 0 Å². The zero-order valence-corrected chi connectivity index (χ0v) is 15.6. The molecule has 1 aliphatic heterocycles. The quantitative estimate of drug-likeness (QED) is 0.401. The van der Waals surface area contributed by atoms with Crippen LogP contribution in [0.2, 0.25) is 0 Å². The van der Waals surface area contributed by atoms with Crippen molar-refractivity contribution < 1.29 is 9.47 Å². The molecular formula is C18H31BrO2. The first kappa shape index (κ1) is 18.9. The summed E-state index contributed by atoms with van der Waals surface area (Å²) in [5.74, 6) is 1.11. The molecule has 1 unspecified atom stereocenters. The van der Waals surface area contributed by atoms with Crippen LogP contribution in [0.15, 0.2) is 23.3 Å². The lowest BCUT2D eigenvalue weighted by Gasteiger charge is -2.25. The summed E-state index contributed by atoms with van der Waals surface area (Å²) in [5, 5.41) is 0.957. The Balaban J connectivity index is 2.35. The first-order chi connectivity index (χ1) is 10.0. The molecule has 122 valence electrons. The molecule has 0 aromatic carbocycles. The van der Waals surface area contributed by atoms with Crippen LogP contribution in [0.25, 0.3) is 0 Å². The van der Waals surface area contributed by atoms with Gasteiger partial charge in [-0.3, -0.25) is 0 Å². The summed E-state index contributed by atoms with van der Waals surface area (Å²) in [4.78, 5) is 0. The molecule has 1 rings (SSSR count). The number of halogens is 1. The molecule has 0 saturated carbocycles.